The van der Waals surface area contributed by atoms with E-state index in [-0.39, 0.29) is 11.7 Å². The Bertz CT molecular complexity index is 897. The third-order valence-corrected chi connectivity index (χ3v) is 6.13. The van der Waals surface area contributed by atoms with Gasteiger partial charge in [-0.2, -0.15) is 0 Å². The zero-order valence-corrected chi connectivity index (χ0v) is 14.1. The number of rotatable bonds is 5. The Morgan fingerprint density at radius 2 is 1.67 bits per heavy atom. The standard InChI is InChI=1S/C19H19NO3S/c21-19(14-4-5-14)15-6-9-17(10-7-15)20-24(22,23)18-11-8-13-2-1-3-16(13)12-18/h6-12,14,20H,1-5H2. The van der Waals surface area contributed by atoms with Crippen molar-refractivity contribution in [2.45, 2.75) is 37.0 Å². The van der Waals surface area contributed by atoms with E-state index in [0.29, 0.717) is 16.1 Å². The normalized spacial score (nSPS) is 16.7. The van der Waals surface area contributed by atoms with Crippen LogP contribution in [0.25, 0.3) is 0 Å². The molecule has 2 aromatic carbocycles. The van der Waals surface area contributed by atoms with Crippen molar-refractivity contribution in [3.05, 3.63) is 59.2 Å². The fourth-order valence-corrected chi connectivity index (χ4v) is 4.32. The molecule has 5 heteroatoms. The average Bonchev–Trinajstić information content (AvgIpc) is 3.31. The SMILES string of the molecule is O=C(c1ccc(NS(=O)(=O)c2ccc3c(c2)CCC3)cc1)C1CC1. The van der Waals surface area contributed by atoms with Gasteiger partial charge >= 0.3 is 0 Å². The molecule has 0 bridgehead atoms. The highest BCUT2D eigenvalue weighted by molar-refractivity contribution is 7.92. The Balaban J connectivity index is 1.54. The zero-order chi connectivity index (χ0) is 16.7. The topological polar surface area (TPSA) is 63.2 Å². The van der Waals surface area contributed by atoms with Crippen molar-refractivity contribution in [3.63, 3.8) is 0 Å². The number of benzene rings is 2. The maximum absolute atomic E-state index is 12.6. The largest absolute Gasteiger partial charge is 0.294 e. The van der Waals surface area contributed by atoms with Gasteiger partial charge in [-0.15, -0.1) is 0 Å². The van der Waals surface area contributed by atoms with Crippen molar-refractivity contribution >= 4 is 21.5 Å². The monoisotopic (exact) mass is 341 g/mol. The first kappa shape index (κ1) is 15.4. The van der Waals surface area contributed by atoms with Crippen molar-refractivity contribution in [3.8, 4) is 0 Å². The second-order valence-corrected chi connectivity index (χ2v) is 8.29. The summed E-state index contributed by atoms with van der Waals surface area (Å²) in [4.78, 5) is 12.3. The lowest BCUT2D eigenvalue weighted by Crippen LogP contribution is -2.13. The van der Waals surface area contributed by atoms with E-state index < -0.39 is 10.0 Å². The zero-order valence-electron chi connectivity index (χ0n) is 13.3. The predicted molar refractivity (Wildman–Crippen MR) is 92.8 cm³/mol. The van der Waals surface area contributed by atoms with E-state index in [1.165, 1.54) is 5.56 Å². The Morgan fingerprint density at radius 3 is 2.38 bits per heavy atom. The highest BCUT2D eigenvalue weighted by Crippen LogP contribution is 2.33. The summed E-state index contributed by atoms with van der Waals surface area (Å²) < 4.78 is 27.7. The van der Waals surface area contributed by atoms with Gasteiger partial charge in [0.25, 0.3) is 10.0 Å². The minimum absolute atomic E-state index is 0.156. The lowest BCUT2D eigenvalue weighted by molar-refractivity contribution is 0.0967. The molecule has 0 aromatic heterocycles. The molecule has 2 aliphatic rings. The molecule has 0 unspecified atom stereocenters. The van der Waals surface area contributed by atoms with E-state index in [1.54, 1.807) is 36.4 Å². The molecule has 124 valence electrons. The average molecular weight is 341 g/mol. The smallest absolute Gasteiger partial charge is 0.261 e. The van der Waals surface area contributed by atoms with Crippen molar-refractivity contribution in [2.24, 2.45) is 5.92 Å². The molecule has 1 N–H and O–H groups in total. The third-order valence-electron chi connectivity index (χ3n) is 4.75. The number of carbonyl (C=O) groups is 1. The van der Waals surface area contributed by atoms with E-state index in [1.807, 2.05) is 6.07 Å². The number of carbonyl (C=O) groups excluding carboxylic acids is 1. The summed E-state index contributed by atoms with van der Waals surface area (Å²) >= 11 is 0. The third kappa shape index (κ3) is 2.96. The van der Waals surface area contributed by atoms with Crippen LogP contribution in [-0.4, -0.2) is 14.2 Å². The number of nitrogens with one attached hydrogen (secondary N) is 1. The van der Waals surface area contributed by atoms with Crippen molar-refractivity contribution in [1.82, 2.24) is 0 Å². The van der Waals surface area contributed by atoms with Crippen LogP contribution in [0, 0.1) is 5.92 Å². The predicted octanol–water partition coefficient (Wildman–Crippen LogP) is 3.57. The maximum atomic E-state index is 12.6. The molecule has 0 aliphatic heterocycles. The second kappa shape index (κ2) is 5.74. The molecule has 0 spiro atoms. The summed E-state index contributed by atoms with van der Waals surface area (Å²) in [6.45, 7) is 0. The first-order valence-electron chi connectivity index (χ1n) is 8.32. The first-order valence-corrected chi connectivity index (χ1v) is 9.80. The van der Waals surface area contributed by atoms with Gasteiger partial charge in [0, 0.05) is 17.2 Å². The van der Waals surface area contributed by atoms with Gasteiger partial charge in [0.05, 0.1) is 4.90 Å². The van der Waals surface area contributed by atoms with E-state index in [2.05, 4.69) is 4.72 Å². The van der Waals surface area contributed by atoms with Crippen LogP contribution in [0.4, 0.5) is 5.69 Å². The van der Waals surface area contributed by atoms with Gasteiger partial charge in [0.2, 0.25) is 0 Å². The number of hydrogen-bond acceptors (Lipinski definition) is 3. The maximum Gasteiger partial charge on any atom is 0.261 e. The van der Waals surface area contributed by atoms with Gasteiger partial charge in [0.15, 0.2) is 5.78 Å². The molecule has 0 heterocycles. The highest BCUT2D eigenvalue weighted by Gasteiger charge is 2.30. The van der Waals surface area contributed by atoms with Gasteiger partial charge < -0.3 is 0 Å². The fourth-order valence-electron chi connectivity index (χ4n) is 3.21. The molecule has 0 amide bonds. The molecule has 4 rings (SSSR count). The lowest BCUT2D eigenvalue weighted by Gasteiger charge is -2.10. The van der Waals surface area contributed by atoms with Gasteiger partial charge in [-0.25, -0.2) is 8.42 Å². The second-order valence-electron chi connectivity index (χ2n) is 6.61. The van der Waals surface area contributed by atoms with Gasteiger partial charge in [-0.05, 0) is 79.6 Å². The molecule has 0 radical (unpaired) electrons. The first-order chi connectivity index (χ1) is 11.5. The highest BCUT2D eigenvalue weighted by atomic mass is 32.2. The Labute approximate surface area is 142 Å². The summed E-state index contributed by atoms with van der Waals surface area (Å²) in [6.07, 6.45) is 4.98. The molecular formula is C19H19NO3S. The van der Waals surface area contributed by atoms with Crippen LogP contribution in [0.1, 0.15) is 40.7 Å². The van der Waals surface area contributed by atoms with E-state index in [4.69, 9.17) is 0 Å². The summed E-state index contributed by atoms with van der Waals surface area (Å²) in [5, 5.41) is 0. The van der Waals surface area contributed by atoms with Crippen molar-refractivity contribution < 1.29 is 13.2 Å². The van der Waals surface area contributed by atoms with Gasteiger partial charge in [-0.1, -0.05) is 6.07 Å². The summed E-state index contributed by atoms with van der Waals surface area (Å²) in [5.74, 6) is 0.321. The van der Waals surface area contributed by atoms with Crippen LogP contribution >= 0.6 is 0 Å². The fraction of sp³-hybridized carbons (Fsp3) is 0.316. The van der Waals surface area contributed by atoms with Crippen LogP contribution in [0.5, 0.6) is 0 Å². The molecule has 1 fully saturated rings. The molecule has 24 heavy (non-hydrogen) atoms. The van der Waals surface area contributed by atoms with E-state index >= 15 is 0 Å². The number of sulfonamides is 1. The number of hydrogen-bond donors (Lipinski definition) is 1. The Morgan fingerprint density at radius 1 is 0.958 bits per heavy atom. The van der Waals surface area contributed by atoms with Crippen LogP contribution in [0.3, 0.4) is 0 Å². The summed E-state index contributed by atoms with van der Waals surface area (Å²) in [6, 6.07) is 12.0. The number of Topliss-reactive ketones (excluding diaryl/α,β-unsaturated/α-hetero) is 1. The van der Waals surface area contributed by atoms with Gasteiger partial charge in [-0.3, -0.25) is 9.52 Å². The number of aryl methyl sites for hydroxylation is 2. The minimum atomic E-state index is -3.61. The lowest BCUT2D eigenvalue weighted by atomic mass is 10.1. The number of fused-ring (bicyclic) bond motifs is 1. The van der Waals surface area contributed by atoms with E-state index in [9.17, 15) is 13.2 Å². The van der Waals surface area contributed by atoms with Crippen LogP contribution in [0.15, 0.2) is 47.4 Å². The Hall–Kier alpha value is -2.14. The molecule has 2 aliphatic carbocycles. The summed E-state index contributed by atoms with van der Waals surface area (Å²) in [5.41, 5.74) is 3.50. The van der Waals surface area contributed by atoms with Crippen LogP contribution in [-0.2, 0) is 22.9 Å². The molecule has 0 saturated heterocycles. The molecule has 0 atom stereocenters. The quantitative estimate of drug-likeness (QED) is 0.846. The summed E-state index contributed by atoms with van der Waals surface area (Å²) in [7, 11) is -3.61. The molecule has 1 saturated carbocycles. The number of anilines is 1. The minimum Gasteiger partial charge on any atom is -0.294 e. The number of ketones is 1. The molecule has 4 nitrogen and oxygen atoms in total. The van der Waals surface area contributed by atoms with Crippen LogP contribution < -0.4 is 4.72 Å². The molecule has 2 aromatic rings. The van der Waals surface area contributed by atoms with Crippen molar-refractivity contribution in [2.75, 3.05) is 4.72 Å². The van der Waals surface area contributed by atoms with Crippen LogP contribution in [0.2, 0.25) is 0 Å². The van der Waals surface area contributed by atoms with E-state index in [0.717, 1.165) is 37.7 Å². The Kier molecular flexibility index (Phi) is 3.68. The van der Waals surface area contributed by atoms with Crippen molar-refractivity contribution in [1.29, 1.82) is 0 Å². The molecular weight excluding hydrogens is 322 g/mol. The van der Waals surface area contributed by atoms with Gasteiger partial charge in [0.1, 0.15) is 0 Å².